The van der Waals surface area contributed by atoms with E-state index in [9.17, 15) is 5.11 Å². The molecule has 18 heavy (non-hydrogen) atoms. The normalized spacial score (nSPS) is 14.8. The van der Waals surface area contributed by atoms with E-state index in [1.807, 2.05) is 13.1 Å². The summed E-state index contributed by atoms with van der Waals surface area (Å²) in [6.45, 7) is 5.39. The van der Waals surface area contributed by atoms with Crippen molar-refractivity contribution in [2.24, 2.45) is 0 Å². The molecule has 2 aromatic rings. The van der Waals surface area contributed by atoms with Gasteiger partial charge >= 0.3 is 0 Å². The average Bonchev–Trinajstić information content (AvgIpc) is 2.75. The maximum atomic E-state index is 10.1. The molecule has 3 heteroatoms. The lowest BCUT2D eigenvalue weighted by Gasteiger charge is -2.23. The van der Waals surface area contributed by atoms with Crippen LogP contribution in [0.4, 0.5) is 0 Å². The molecular formula is C15H22N2O. The molecule has 0 radical (unpaired) electrons. The number of aromatic nitrogens is 1. The molecule has 3 nitrogen and oxygen atoms in total. The van der Waals surface area contributed by atoms with Gasteiger partial charge in [-0.15, -0.1) is 0 Å². The molecular weight excluding hydrogens is 224 g/mol. The summed E-state index contributed by atoms with van der Waals surface area (Å²) >= 11 is 0. The molecule has 0 aliphatic carbocycles. The molecule has 2 rings (SSSR count). The van der Waals surface area contributed by atoms with Crippen LogP contribution in [0.3, 0.4) is 0 Å². The Morgan fingerprint density at radius 3 is 2.94 bits per heavy atom. The fourth-order valence-corrected chi connectivity index (χ4v) is 2.31. The van der Waals surface area contributed by atoms with Crippen molar-refractivity contribution in [2.75, 3.05) is 6.54 Å². The molecule has 0 fully saturated rings. The number of hydrogen-bond donors (Lipinski definition) is 3. The summed E-state index contributed by atoms with van der Waals surface area (Å²) in [5.74, 6) is 0. The lowest BCUT2D eigenvalue weighted by atomic mass is 10.0. The fourth-order valence-electron chi connectivity index (χ4n) is 2.31. The fraction of sp³-hybridized carbons (Fsp3) is 0.467. The first-order chi connectivity index (χ1) is 8.61. The van der Waals surface area contributed by atoms with E-state index < -0.39 is 5.60 Å². The standard InChI is InChI=1S/C15H22N2O/c1-3-7-15(2,18)11-16-10-12-4-5-13-6-8-17-14(13)9-12/h4-6,8-9,16-18H,3,7,10-11H2,1-2H3. The number of rotatable bonds is 6. The highest BCUT2D eigenvalue weighted by Crippen LogP contribution is 2.14. The van der Waals surface area contributed by atoms with Crippen molar-refractivity contribution in [3.8, 4) is 0 Å². The van der Waals surface area contributed by atoms with Crippen LogP contribution in [0.2, 0.25) is 0 Å². The Labute approximate surface area is 108 Å². The molecule has 0 bridgehead atoms. The number of benzene rings is 1. The van der Waals surface area contributed by atoms with E-state index in [1.54, 1.807) is 0 Å². The van der Waals surface area contributed by atoms with Gasteiger partial charge in [-0.1, -0.05) is 25.5 Å². The van der Waals surface area contributed by atoms with Crippen LogP contribution in [-0.4, -0.2) is 22.2 Å². The highest BCUT2D eigenvalue weighted by Gasteiger charge is 2.17. The second-order valence-corrected chi connectivity index (χ2v) is 5.25. The van der Waals surface area contributed by atoms with Crippen molar-refractivity contribution >= 4 is 10.9 Å². The first-order valence-corrected chi connectivity index (χ1v) is 6.60. The van der Waals surface area contributed by atoms with Crippen LogP contribution < -0.4 is 5.32 Å². The molecule has 1 aromatic heterocycles. The van der Waals surface area contributed by atoms with Gasteiger partial charge in [-0.2, -0.15) is 0 Å². The second-order valence-electron chi connectivity index (χ2n) is 5.25. The molecule has 0 saturated heterocycles. The van der Waals surface area contributed by atoms with Gasteiger partial charge in [0.1, 0.15) is 0 Å². The molecule has 0 aliphatic heterocycles. The highest BCUT2D eigenvalue weighted by molar-refractivity contribution is 5.79. The summed E-state index contributed by atoms with van der Waals surface area (Å²) in [7, 11) is 0. The second kappa shape index (κ2) is 5.55. The van der Waals surface area contributed by atoms with E-state index in [1.165, 1.54) is 10.9 Å². The van der Waals surface area contributed by atoms with Gasteiger partial charge < -0.3 is 15.4 Å². The largest absolute Gasteiger partial charge is 0.389 e. The van der Waals surface area contributed by atoms with Crippen LogP contribution in [-0.2, 0) is 6.54 Å². The van der Waals surface area contributed by atoms with Crippen LogP contribution >= 0.6 is 0 Å². The van der Waals surface area contributed by atoms with Crippen molar-refractivity contribution < 1.29 is 5.11 Å². The SMILES string of the molecule is CCCC(C)(O)CNCc1ccc2cc[nH]c2c1. The van der Waals surface area contributed by atoms with E-state index in [-0.39, 0.29) is 0 Å². The first kappa shape index (κ1) is 13.1. The molecule has 0 amide bonds. The number of hydrogen-bond acceptors (Lipinski definition) is 2. The van der Waals surface area contributed by atoms with Crippen molar-refractivity contribution in [1.82, 2.24) is 10.3 Å². The average molecular weight is 246 g/mol. The maximum Gasteiger partial charge on any atom is 0.0743 e. The van der Waals surface area contributed by atoms with Crippen LogP contribution in [0.5, 0.6) is 0 Å². The third kappa shape index (κ3) is 3.34. The van der Waals surface area contributed by atoms with Crippen LogP contribution in [0, 0.1) is 0 Å². The van der Waals surface area contributed by atoms with Crippen molar-refractivity contribution in [3.63, 3.8) is 0 Å². The minimum atomic E-state index is -0.606. The van der Waals surface area contributed by atoms with E-state index in [4.69, 9.17) is 0 Å². The van der Waals surface area contributed by atoms with Crippen molar-refractivity contribution in [2.45, 2.75) is 38.8 Å². The van der Waals surface area contributed by atoms with E-state index in [2.05, 4.69) is 41.5 Å². The first-order valence-electron chi connectivity index (χ1n) is 6.60. The molecule has 3 N–H and O–H groups in total. The zero-order valence-electron chi connectivity index (χ0n) is 11.2. The molecule has 1 aromatic carbocycles. The summed E-state index contributed by atoms with van der Waals surface area (Å²) in [4.78, 5) is 3.21. The van der Waals surface area contributed by atoms with Crippen molar-refractivity contribution in [1.29, 1.82) is 0 Å². The third-order valence-corrected chi connectivity index (χ3v) is 3.24. The molecule has 1 atom stereocenters. The minimum absolute atomic E-state index is 0.606. The predicted octanol–water partition coefficient (Wildman–Crippen LogP) is 2.81. The molecule has 0 saturated carbocycles. The maximum absolute atomic E-state index is 10.1. The monoisotopic (exact) mass is 246 g/mol. The number of nitrogens with one attached hydrogen (secondary N) is 2. The van der Waals surface area contributed by atoms with Crippen LogP contribution in [0.15, 0.2) is 30.5 Å². The van der Waals surface area contributed by atoms with E-state index >= 15 is 0 Å². The van der Waals surface area contributed by atoms with Gasteiger partial charge in [0.05, 0.1) is 5.60 Å². The Bertz CT molecular complexity index is 502. The molecule has 0 aliphatic rings. The molecule has 1 heterocycles. The number of aromatic amines is 1. The van der Waals surface area contributed by atoms with Gasteiger partial charge in [0.2, 0.25) is 0 Å². The minimum Gasteiger partial charge on any atom is -0.389 e. The third-order valence-electron chi connectivity index (χ3n) is 3.24. The van der Waals surface area contributed by atoms with Crippen molar-refractivity contribution in [3.05, 3.63) is 36.0 Å². The van der Waals surface area contributed by atoms with Crippen LogP contribution in [0.1, 0.15) is 32.3 Å². The summed E-state index contributed by atoms with van der Waals surface area (Å²) in [5, 5.41) is 14.6. The Kier molecular flexibility index (Phi) is 4.04. The Balaban J connectivity index is 1.90. The zero-order valence-corrected chi connectivity index (χ0v) is 11.2. The smallest absolute Gasteiger partial charge is 0.0743 e. The Hall–Kier alpha value is -1.32. The molecule has 1 unspecified atom stereocenters. The van der Waals surface area contributed by atoms with Crippen LogP contribution in [0.25, 0.3) is 10.9 Å². The number of H-pyrrole nitrogens is 1. The van der Waals surface area contributed by atoms with Gasteiger partial charge in [0.15, 0.2) is 0 Å². The number of fused-ring (bicyclic) bond motifs is 1. The zero-order chi connectivity index (χ0) is 13.0. The van der Waals surface area contributed by atoms with E-state index in [0.29, 0.717) is 6.54 Å². The Morgan fingerprint density at radius 2 is 2.17 bits per heavy atom. The summed E-state index contributed by atoms with van der Waals surface area (Å²) in [5.41, 5.74) is 1.79. The van der Waals surface area contributed by atoms with Gasteiger partial charge in [0.25, 0.3) is 0 Å². The lowest BCUT2D eigenvalue weighted by molar-refractivity contribution is 0.0498. The molecule has 0 spiro atoms. The predicted molar refractivity (Wildman–Crippen MR) is 75.5 cm³/mol. The van der Waals surface area contributed by atoms with Gasteiger partial charge in [-0.3, -0.25) is 0 Å². The topological polar surface area (TPSA) is 48.0 Å². The quantitative estimate of drug-likeness (QED) is 0.734. The van der Waals surface area contributed by atoms with E-state index in [0.717, 1.165) is 24.9 Å². The summed E-state index contributed by atoms with van der Waals surface area (Å²) in [6.07, 6.45) is 3.78. The highest BCUT2D eigenvalue weighted by atomic mass is 16.3. The van der Waals surface area contributed by atoms with Gasteiger partial charge in [0, 0.05) is 24.8 Å². The van der Waals surface area contributed by atoms with Gasteiger partial charge in [-0.25, -0.2) is 0 Å². The molecule has 98 valence electrons. The summed E-state index contributed by atoms with van der Waals surface area (Å²) in [6, 6.07) is 8.46. The summed E-state index contributed by atoms with van der Waals surface area (Å²) < 4.78 is 0. The number of aliphatic hydroxyl groups is 1. The Morgan fingerprint density at radius 1 is 1.33 bits per heavy atom. The lowest BCUT2D eigenvalue weighted by Crippen LogP contribution is -2.37. The van der Waals surface area contributed by atoms with Gasteiger partial charge in [-0.05, 0) is 36.4 Å².